The Labute approximate surface area is 104 Å². The lowest BCUT2D eigenvalue weighted by molar-refractivity contribution is -0.121. The molecule has 1 aliphatic heterocycles. The molecule has 0 radical (unpaired) electrons. The number of allylic oxidation sites excluding steroid dienone is 2. The third-order valence-electron chi connectivity index (χ3n) is 2.69. The fraction of sp³-hybridized carbons (Fsp3) is 0.231. The highest BCUT2D eigenvalue weighted by Crippen LogP contribution is 2.18. The summed E-state index contributed by atoms with van der Waals surface area (Å²) in [5, 5.41) is 3.29. The summed E-state index contributed by atoms with van der Waals surface area (Å²) in [6, 6.07) is 6.68. The Morgan fingerprint density at radius 2 is 2.06 bits per heavy atom. The molecule has 4 heteroatoms. The zero-order chi connectivity index (χ0) is 12.4. The third kappa shape index (κ3) is 2.74. The minimum atomic E-state index is -0.119. The Kier molecular flexibility index (Phi) is 3.29. The van der Waals surface area contributed by atoms with Crippen LogP contribution in [0.15, 0.2) is 36.0 Å². The van der Waals surface area contributed by atoms with Crippen LogP contribution in [0.4, 0.5) is 0 Å². The Hall–Kier alpha value is -1.61. The second-order valence-corrected chi connectivity index (χ2v) is 4.57. The van der Waals surface area contributed by atoms with E-state index >= 15 is 0 Å². The van der Waals surface area contributed by atoms with Gasteiger partial charge >= 0.3 is 0 Å². The van der Waals surface area contributed by atoms with Gasteiger partial charge in [0.15, 0.2) is 5.78 Å². The molecule has 0 spiro atoms. The van der Waals surface area contributed by atoms with Crippen molar-refractivity contribution in [1.82, 2.24) is 5.32 Å². The van der Waals surface area contributed by atoms with Crippen molar-refractivity contribution >= 4 is 23.3 Å². The molecule has 1 saturated heterocycles. The fourth-order valence-electron chi connectivity index (χ4n) is 1.71. The predicted molar refractivity (Wildman–Crippen MR) is 65.8 cm³/mol. The van der Waals surface area contributed by atoms with E-state index < -0.39 is 0 Å². The maximum Gasteiger partial charge on any atom is 0.227 e. The standard InChI is InChI=1S/C13H12ClNO2/c1-8-6-11(15-13(8)17)7-12(16)9-2-4-10(14)5-3-9/h2-5,7-8H,6H2,1H3,(H,15,17)/b11-7+/t8-/m1/s1. The second kappa shape index (κ2) is 4.72. The molecule has 1 fully saturated rings. The first-order valence-corrected chi connectivity index (χ1v) is 5.75. The molecule has 1 aliphatic rings. The van der Waals surface area contributed by atoms with Crippen molar-refractivity contribution in [2.75, 3.05) is 0 Å². The lowest BCUT2D eigenvalue weighted by Gasteiger charge is -1.98. The van der Waals surface area contributed by atoms with Gasteiger partial charge in [-0.15, -0.1) is 0 Å². The van der Waals surface area contributed by atoms with Gasteiger partial charge in [0.2, 0.25) is 5.91 Å². The van der Waals surface area contributed by atoms with Crippen molar-refractivity contribution in [2.45, 2.75) is 13.3 Å². The van der Waals surface area contributed by atoms with Gasteiger partial charge < -0.3 is 5.32 Å². The van der Waals surface area contributed by atoms with Gasteiger partial charge in [0.05, 0.1) is 0 Å². The average molecular weight is 250 g/mol. The summed E-state index contributed by atoms with van der Waals surface area (Å²) in [6.07, 6.45) is 2.07. The number of rotatable bonds is 2. The zero-order valence-electron chi connectivity index (χ0n) is 9.37. The summed E-state index contributed by atoms with van der Waals surface area (Å²) in [5.74, 6) is -0.203. The molecule has 2 rings (SSSR count). The van der Waals surface area contributed by atoms with Crippen molar-refractivity contribution in [3.63, 3.8) is 0 Å². The molecule has 1 aromatic rings. The summed E-state index contributed by atoms with van der Waals surface area (Å²) < 4.78 is 0. The highest BCUT2D eigenvalue weighted by atomic mass is 35.5. The van der Waals surface area contributed by atoms with Crippen molar-refractivity contribution < 1.29 is 9.59 Å². The van der Waals surface area contributed by atoms with Crippen LogP contribution in [-0.2, 0) is 4.79 Å². The van der Waals surface area contributed by atoms with Gasteiger partial charge in [0.1, 0.15) is 0 Å². The molecule has 0 aliphatic carbocycles. The number of ketones is 1. The number of amides is 1. The van der Waals surface area contributed by atoms with E-state index in [1.54, 1.807) is 24.3 Å². The molecule has 1 aromatic carbocycles. The molecule has 88 valence electrons. The van der Waals surface area contributed by atoms with Crippen LogP contribution in [0.5, 0.6) is 0 Å². The maximum atomic E-state index is 11.9. The zero-order valence-corrected chi connectivity index (χ0v) is 10.1. The number of hydrogen-bond acceptors (Lipinski definition) is 2. The average Bonchev–Trinajstić information content (AvgIpc) is 2.58. The first kappa shape index (κ1) is 11.9. The van der Waals surface area contributed by atoms with E-state index in [9.17, 15) is 9.59 Å². The number of hydrogen-bond donors (Lipinski definition) is 1. The number of nitrogens with one attached hydrogen (secondary N) is 1. The molecule has 1 heterocycles. The summed E-state index contributed by atoms with van der Waals surface area (Å²) in [6.45, 7) is 1.84. The van der Waals surface area contributed by atoms with Crippen molar-refractivity contribution in [2.24, 2.45) is 5.92 Å². The van der Waals surface area contributed by atoms with E-state index in [1.165, 1.54) is 6.08 Å². The maximum absolute atomic E-state index is 11.9. The van der Waals surface area contributed by atoms with Crippen LogP contribution >= 0.6 is 11.6 Å². The molecule has 0 saturated carbocycles. The number of benzene rings is 1. The van der Waals surface area contributed by atoms with Crippen LogP contribution in [0.25, 0.3) is 0 Å². The van der Waals surface area contributed by atoms with Crippen LogP contribution < -0.4 is 5.32 Å². The topological polar surface area (TPSA) is 46.2 Å². The number of halogens is 1. The predicted octanol–water partition coefficient (Wildman–Crippen LogP) is 2.56. The number of carbonyl (C=O) groups excluding carboxylic acids is 2. The lowest BCUT2D eigenvalue weighted by Crippen LogP contribution is -2.16. The van der Waals surface area contributed by atoms with Crippen molar-refractivity contribution in [1.29, 1.82) is 0 Å². The quantitative estimate of drug-likeness (QED) is 0.647. The lowest BCUT2D eigenvalue weighted by atomic mass is 10.1. The van der Waals surface area contributed by atoms with Crippen LogP contribution in [-0.4, -0.2) is 11.7 Å². The van der Waals surface area contributed by atoms with E-state index in [0.717, 1.165) is 0 Å². The SMILES string of the molecule is C[C@@H]1C/C(=C\C(=O)c2ccc(Cl)cc2)NC1=O. The van der Waals surface area contributed by atoms with Crippen LogP contribution in [0, 0.1) is 5.92 Å². The van der Waals surface area contributed by atoms with E-state index in [0.29, 0.717) is 22.7 Å². The molecule has 1 amide bonds. The number of carbonyl (C=O) groups is 2. The Morgan fingerprint density at radius 3 is 2.59 bits per heavy atom. The van der Waals surface area contributed by atoms with Gasteiger partial charge in [-0.25, -0.2) is 0 Å². The Balaban J connectivity index is 2.14. The van der Waals surface area contributed by atoms with Crippen molar-refractivity contribution in [3.05, 3.63) is 46.6 Å². The summed E-state index contributed by atoms with van der Waals surface area (Å²) in [7, 11) is 0. The monoisotopic (exact) mass is 249 g/mol. The molecule has 0 bridgehead atoms. The largest absolute Gasteiger partial charge is 0.329 e. The third-order valence-corrected chi connectivity index (χ3v) is 2.94. The van der Waals surface area contributed by atoms with Gasteiger partial charge in [-0.2, -0.15) is 0 Å². The smallest absolute Gasteiger partial charge is 0.227 e. The van der Waals surface area contributed by atoms with E-state index in [1.807, 2.05) is 6.92 Å². The highest BCUT2D eigenvalue weighted by Gasteiger charge is 2.23. The summed E-state index contributed by atoms with van der Waals surface area (Å²) in [4.78, 5) is 23.1. The second-order valence-electron chi connectivity index (χ2n) is 4.14. The molecular formula is C13H12ClNO2. The van der Waals surface area contributed by atoms with Gasteiger partial charge in [-0.3, -0.25) is 9.59 Å². The molecule has 0 unspecified atom stereocenters. The van der Waals surface area contributed by atoms with E-state index in [-0.39, 0.29) is 17.6 Å². The van der Waals surface area contributed by atoms with Gasteiger partial charge in [-0.05, 0) is 30.7 Å². The normalized spacial score (nSPS) is 21.6. The molecule has 1 atom stereocenters. The summed E-state index contributed by atoms with van der Waals surface area (Å²) in [5.41, 5.74) is 1.25. The van der Waals surface area contributed by atoms with Crippen molar-refractivity contribution in [3.8, 4) is 0 Å². The van der Waals surface area contributed by atoms with Gasteiger partial charge in [0.25, 0.3) is 0 Å². The van der Waals surface area contributed by atoms with Crippen LogP contribution in [0.1, 0.15) is 23.7 Å². The Morgan fingerprint density at radius 1 is 1.41 bits per heavy atom. The van der Waals surface area contributed by atoms with Crippen LogP contribution in [0.2, 0.25) is 5.02 Å². The summed E-state index contributed by atoms with van der Waals surface area (Å²) >= 11 is 5.74. The van der Waals surface area contributed by atoms with Crippen LogP contribution in [0.3, 0.4) is 0 Å². The first-order valence-electron chi connectivity index (χ1n) is 5.37. The Bertz CT molecular complexity index is 491. The molecular weight excluding hydrogens is 238 g/mol. The van der Waals surface area contributed by atoms with E-state index in [2.05, 4.69) is 5.32 Å². The van der Waals surface area contributed by atoms with E-state index in [4.69, 9.17) is 11.6 Å². The first-order chi connectivity index (χ1) is 8.06. The molecule has 3 nitrogen and oxygen atoms in total. The molecule has 17 heavy (non-hydrogen) atoms. The highest BCUT2D eigenvalue weighted by molar-refractivity contribution is 6.30. The minimum absolute atomic E-state index is 0.0276. The van der Waals surface area contributed by atoms with Gasteiger partial charge in [0, 0.05) is 28.3 Å². The minimum Gasteiger partial charge on any atom is -0.329 e. The molecule has 0 aromatic heterocycles. The molecule has 1 N–H and O–H groups in total. The fourth-order valence-corrected chi connectivity index (χ4v) is 1.83. The van der Waals surface area contributed by atoms with Gasteiger partial charge in [-0.1, -0.05) is 18.5 Å².